The molecule has 5 nitrogen and oxygen atoms in total. The van der Waals surface area contributed by atoms with Crippen LogP contribution < -0.4 is 4.74 Å². The van der Waals surface area contributed by atoms with Gasteiger partial charge in [0.2, 0.25) is 0 Å². The zero-order chi connectivity index (χ0) is 22.1. The third-order valence-corrected chi connectivity index (χ3v) is 7.57. The van der Waals surface area contributed by atoms with Crippen molar-refractivity contribution >= 4 is 44.7 Å². The van der Waals surface area contributed by atoms with Crippen molar-refractivity contribution in [2.24, 2.45) is 10.9 Å². The maximum Gasteiger partial charge on any atom is 0.336 e. The molecule has 2 aromatic rings. The van der Waals surface area contributed by atoms with Crippen LogP contribution in [0.3, 0.4) is 0 Å². The third kappa shape index (κ3) is 4.39. The second kappa shape index (κ2) is 9.09. The van der Waals surface area contributed by atoms with Crippen molar-refractivity contribution in [2.45, 2.75) is 45.6 Å². The number of esters is 1. The number of nitrogens with zero attached hydrogens (tertiary/aromatic N) is 1. The van der Waals surface area contributed by atoms with Crippen LogP contribution in [-0.4, -0.2) is 24.6 Å². The number of ether oxygens (including phenoxy) is 2. The van der Waals surface area contributed by atoms with Crippen LogP contribution in [0.2, 0.25) is 0 Å². The van der Waals surface area contributed by atoms with E-state index in [0.717, 1.165) is 44.1 Å². The zero-order valence-corrected chi connectivity index (χ0v) is 20.1. The first kappa shape index (κ1) is 22.0. The van der Waals surface area contributed by atoms with Gasteiger partial charge >= 0.3 is 5.97 Å². The van der Waals surface area contributed by atoms with E-state index in [0.29, 0.717) is 24.3 Å². The van der Waals surface area contributed by atoms with Crippen molar-refractivity contribution in [1.82, 2.24) is 0 Å². The highest BCUT2D eigenvalue weighted by atomic mass is 79.9. The Morgan fingerprint density at radius 1 is 1.19 bits per heavy atom. The van der Waals surface area contributed by atoms with E-state index in [1.165, 1.54) is 7.11 Å². The molecule has 0 N–H and O–H groups in total. The molecular formula is C24H24BrNO4S. The minimum absolute atomic E-state index is 0.155. The van der Waals surface area contributed by atoms with Crippen molar-refractivity contribution in [3.63, 3.8) is 0 Å². The fraction of sp³-hybridized carbons (Fsp3) is 0.375. The molecule has 0 spiro atoms. The number of aliphatic imine (C=N–C) groups is 1. The summed E-state index contributed by atoms with van der Waals surface area (Å²) < 4.78 is 12.0. The number of rotatable bonds is 5. The Morgan fingerprint density at radius 2 is 1.94 bits per heavy atom. The lowest BCUT2D eigenvalue weighted by Gasteiger charge is -2.34. The highest BCUT2D eigenvalue weighted by Gasteiger charge is 2.44. The van der Waals surface area contributed by atoms with Gasteiger partial charge in [-0.25, -0.2) is 4.79 Å². The van der Waals surface area contributed by atoms with Gasteiger partial charge in [0.05, 0.1) is 18.6 Å². The zero-order valence-electron chi connectivity index (χ0n) is 17.7. The lowest BCUT2D eigenvalue weighted by molar-refractivity contribution is -0.136. The number of Topliss-reactive ketones (excluding diaryl/α,β-unsaturated/α-hetero) is 1. The van der Waals surface area contributed by atoms with Crippen molar-refractivity contribution in [3.8, 4) is 5.75 Å². The van der Waals surface area contributed by atoms with Gasteiger partial charge < -0.3 is 9.47 Å². The van der Waals surface area contributed by atoms with Gasteiger partial charge in [0.15, 0.2) is 0 Å². The van der Waals surface area contributed by atoms with E-state index in [-0.39, 0.29) is 17.6 Å². The van der Waals surface area contributed by atoms with Gasteiger partial charge in [-0.15, -0.1) is 11.3 Å². The predicted molar refractivity (Wildman–Crippen MR) is 125 cm³/mol. The summed E-state index contributed by atoms with van der Waals surface area (Å²) in [6, 6.07) is 9.78. The molecule has 0 amide bonds. The van der Waals surface area contributed by atoms with Gasteiger partial charge in [-0.05, 0) is 57.0 Å². The number of halogens is 1. The number of hydrogen-bond donors (Lipinski definition) is 0. The van der Waals surface area contributed by atoms with Gasteiger partial charge in [-0.2, -0.15) is 0 Å². The number of methoxy groups -OCH3 is 1. The Morgan fingerprint density at radius 3 is 2.65 bits per heavy atom. The Balaban J connectivity index is 1.68. The number of fused-ring (bicyclic) bond motifs is 1. The molecule has 0 saturated heterocycles. The van der Waals surface area contributed by atoms with E-state index in [1.807, 2.05) is 38.1 Å². The van der Waals surface area contributed by atoms with E-state index in [1.54, 1.807) is 11.3 Å². The molecule has 1 unspecified atom stereocenters. The first-order valence-electron chi connectivity index (χ1n) is 10.3. The number of aryl methyl sites for hydroxylation is 1. The maximum absolute atomic E-state index is 12.9. The average Bonchev–Trinajstić information content (AvgIpc) is 3.12. The molecule has 162 valence electrons. The second-order valence-electron chi connectivity index (χ2n) is 7.84. The van der Waals surface area contributed by atoms with E-state index in [4.69, 9.17) is 9.47 Å². The molecule has 7 heteroatoms. The normalized spacial score (nSPS) is 20.9. The van der Waals surface area contributed by atoms with Gasteiger partial charge in [0.1, 0.15) is 18.1 Å². The van der Waals surface area contributed by atoms with Crippen LogP contribution in [0.4, 0.5) is 0 Å². The molecule has 1 aromatic heterocycles. The number of carbonyl (C=O) groups excluding carboxylic acids is 2. The molecule has 1 aromatic carbocycles. The van der Waals surface area contributed by atoms with Gasteiger partial charge in [0.25, 0.3) is 0 Å². The Bertz CT molecular complexity index is 1080. The third-order valence-electron chi connectivity index (χ3n) is 5.87. The monoisotopic (exact) mass is 501 g/mol. The quantitative estimate of drug-likeness (QED) is 0.489. The summed E-state index contributed by atoms with van der Waals surface area (Å²) in [4.78, 5) is 32.4. The van der Waals surface area contributed by atoms with Crippen molar-refractivity contribution < 1.29 is 19.1 Å². The van der Waals surface area contributed by atoms with Crippen molar-refractivity contribution in [2.75, 3.05) is 7.11 Å². The second-order valence-corrected chi connectivity index (χ2v) is 10.0. The van der Waals surface area contributed by atoms with E-state index in [2.05, 4.69) is 27.0 Å². The van der Waals surface area contributed by atoms with E-state index >= 15 is 0 Å². The van der Waals surface area contributed by atoms with Gasteiger partial charge in [-0.1, -0.05) is 15.9 Å². The summed E-state index contributed by atoms with van der Waals surface area (Å²) in [5.74, 6) is -0.205. The molecule has 1 fully saturated rings. The first-order chi connectivity index (χ1) is 14.9. The molecule has 2 heterocycles. The Labute approximate surface area is 194 Å². The molecule has 1 aliphatic carbocycles. The number of allylic oxidation sites excluding steroid dienone is 1. The van der Waals surface area contributed by atoms with Crippen molar-refractivity contribution in [3.05, 3.63) is 61.4 Å². The lowest BCUT2D eigenvalue weighted by atomic mass is 9.71. The van der Waals surface area contributed by atoms with Crippen LogP contribution in [0, 0.1) is 12.8 Å². The summed E-state index contributed by atoms with van der Waals surface area (Å²) >= 11 is 5.04. The minimum Gasteiger partial charge on any atom is -0.489 e. The van der Waals surface area contributed by atoms with Crippen LogP contribution in [0.15, 0.2) is 51.1 Å². The standard InChI is InChI=1S/C24H24BrNO4S/c1-13-21(24(28)29-3)23(22-18(26-13)5-4-6-19(22)27)20-11-15(14(2)31-20)12-30-17-9-7-16(25)8-10-17/h7-11,22-23H,4-6,12H2,1-3H3/t22?,23-/m1/s1. The fourth-order valence-electron chi connectivity index (χ4n) is 4.34. The summed E-state index contributed by atoms with van der Waals surface area (Å²) in [5, 5.41) is 0. The van der Waals surface area contributed by atoms with Crippen LogP contribution in [-0.2, 0) is 20.9 Å². The minimum atomic E-state index is -0.414. The summed E-state index contributed by atoms with van der Waals surface area (Å²) in [6.45, 7) is 4.30. The van der Waals surface area contributed by atoms with Crippen LogP contribution in [0.5, 0.6) is 5.75 Å². The molecule has 0 radical (unpaired) electrons. The predicted octanol–water partition coefficient (Wildman–Crippen LogP) is 5.75. The summed E-state index contributed by atoms with van der Waals surface area (Å²) in [6.07, 6.45) is 2.14. The lowest BCUT2D eigenvalue weighted by Crippen LogP contribution is -2.38. The smallest absolute Gasteiger partial charge is 0.336 e. The Kier molecular flexibility index (Phi) is 6.44. The molecule has 1 saturated carbocycles. The number of carbonyl (C=O) groups is 2. The van der Waals surface area contributed by atoms with Crippen LogP contribution in [0.1, 0.15) is 47.4 Å². The summed E-state index contributed by atoms with van der Waals surface area (Å²) in [7, 11) is 1.37. The first-order valence-corrected chi connectivity index (χ1v) is 11.9. The molecule has 4 rings (SSSR count). The summed E-state index contributed by atoms with van der Waals surface area (Å²) in [5.41, 5.74) is 3.09. The van der Waals surface area contributed by atoms with Gasteiger partial charge in [-0.3, -0.25) is 9.79 Å². The fourth-order valence-corrected chi connectivity index (χ4v) is 5.79. The van der Waals surface area contributed by atoms with Gasteiger partial charge in [0, 0.05) is 43.5 Å². The molecule has 1 aliphatic heterocycles. The maximum atomic E-state index is 12.9. The van der Waals surface area contributed by atoms with Crippen LogP contribution in [0.25, 0.3) is 0 Å². The Hall–Kier alpha value is -2.25. The molecule has 0 bridgehead atoms. The topological polar surface area (TPSA) is 65.0 Å². The van der Waals surface area contributed by atoms with E-state index in [9.17, 15) is 9.59 Å². The van der Waals surface area contributed by atoms with E-state index < -0.39 is 5.97 Å². The number of thiophene rings is 1. The van der Waals surface area contributed by atoms with Crippen LogP contribution >= 0.6 is 27.3 Å². The number of hydrogen-bond acceptors (Lipinski definition) is 6. The highest BCUT2D eigenvalue weighted by molar-refractivity contribution is 9.10. The number of benzene rings is 1. The molecule has 31 heavy (non-hydrogen) atoms. The average molecular weight is 502 g/mol. The molecule has 2 aliphatic rings. The number of ketones is 1. The molecular weight excluding hydrogens is 478 g/mol. The largest absolute Gasteiger partial charge is 0.489 e. The SMILES string of the molecule is COC(=O)C1=C(C)N=C2CCCC(=O)C2[C@@H]1c1cc(COc2ccc(Br)cc2)c(C)s1. The highest BCUT2D eigenvalue weighted by Crippen LogP contribution is 2.45. The van der Waals surface area contributed by atoms with Crippen molar-refractivity contribution in [1.29, 1.82) is 0 Å². The molecule has 2 atom stereocenters.